The van der Waals surface area contributed by atoms with Gasteiger partial charge in [-0.2, -0.15) is 0 Å². The molecule has 4 atom stereocenters. The number of carboxylic acid groups (broad SMARTS) is 1. The maximum Gasteiger partial charge on any atom is 0.310 e. The summed E-state index contributed by atoms with van der Waals surface area (Å²) in [5, 5.41) is 16.2. The van der Waals surface area contributed by atoms with Crippen LogP contribution in [-0.2, 0) is 26.3 Å². The Morgan fingerprint density at radius 1 is 1.17 bits per heavy atom. The van der Waals surface area contributed by atoms with Gasteiger partial charge in [0.25, 0.3) is 11.8 Å². The van der Waals surface area contributed by atoms with Crippen molar-refractivity contribution in [3.8, 4) is 0 Å². The van der Waals surface area contributed by atoms with Gasteiger partial charge in [-0.05, 0) is 36.2 Å². The van der Waals surface area contributed by atoms with Crippen molar-refractivity contribution >= 4 is 58.3 Å². The van der Waals surface area contributed by atoms with Crippen LogP contribution in [0.3, 0.4) is 0 Å². The lowest BCUT2D eigenvalue weighted by atomic mass is 9.73. The molecule has 2 aromatic carbocycles. The third-order valence-corrected chi connectivity index (χ3v) is 7.96. The van der Waals surface area contributed by atoms with E-state index in [1.54, 1.807) is 18.2 Å². The van der Waals surface area contributed by atoms with Gasteiger partial charge in [0.1, 0.15) is 11.5 Å². The molecule has 2 saturated heterocycles. The Morgan fingerprint density at radius 3 is 2.61 bits per heavy atom. The SMILES string of the molecule is O=C(NCCc1cccc(Cl)c1)C1C2CC(F)(F)CN2C2(C(=O)Nc3c(Cl)cc(Cl)cc32)C1C(=O)O. The summed E-state index contributed by atoms with van der Waals surface area (Å²) in [5.41, 5.74) is -1.06. The Labute approximate surface area is 219 Å². The first-order valence-electron chi connectivity index (χ1n) is 11.2. The standard InChI is InChI=1S/C24H20Cl3F2N3O4/c25-12-3-1-2-11(6-12)4-5-30-20(33)17-16-9-23(28,29)10-32(16)24(18(17)21(34)35)14-7-13(26)8-15(27)19(14)31-22(24)36/h1-3,6-8,16-18H,4-5,9-10H2,(H,30,33)(H,31,36)(H,34,35). The number of benzene rings is 2. The fraction of sp³-hybridized carbons (Fsp3) is 0.375. The van der Waals surface area contributed by atoms with Gasteiger partial charge in [0, 0.05) is 34.6 Å². The third-order valence-electron chi connectivity index (χ3n) is 7.21. The maximum atomic E-state index is 14.7. The van der Waals surface area contributed by atoms with E-state index in [-0.39, 0.29) is 27.8 Å². The summed E-state index contributed by atoms with van der Waals surface area (Å²) in [6.45, 7) is -0.761. The summed E-state index contributed by atoms with van der Waals surface area (Å²) in [7, 11) is 0. The van der Waals surface area contributed by atoms with Crippen molar-refractivity contribution in [2.45, 2.75) is 30.3 Å². The zero-order valence-corrected chi connectivity index (χ0v) is 20.8. The van der Waals surface area contributed by atoms with Crippen LogP contribution in [-0.4, -0.2) is 52.8 Å². The molecule has 3 aliphatic rings. The zero-order chi connectivity index (χ0) is 26.0. The number of carbonyl (C=O) groups is 3. The van der Waals surface area contributed by atoms with Crippen LogP contribution in [0.4, 0.5) is 14.5 Å². The highest BCUT2D eigenvalue weighted by atomic mass is 35.5. The van der Waals surface area contributed by atoms with Crippen molar-refractivity contribution < 1.29 is 28.3 Å². The fourth-order valence-electron chi connectivity index (χ4n) is 5.94. The minimum Gasteiger partial charge on any atom is -0.481 e. The number of hydrogen-bond donors (Lipinski definition) is 3. The van der Waals surface area contributed by atoms with E-state index in [1.807, 2.05) is 6.07 Å². The average Bonchev–Trinajstić information content (AvgIpc) is 3.35. The van der Waals surface area contributed by atoms with Gasteiger partial charge in [0.15, 0.2) is 0 Å². The zero-order valence-electron chi connectivity index (χ0n) is 18.5. The van der Waals surface area contributed by atoms with E-state index in [9.17, 15) is 28.3 Å². The van der Waals surface area contributed by atoms with Gasteiger partial charge in [-0.1, -0.05) is 46.9 Å². The molecule has 3 N–H and O–H groups in total. The molecule has 0 saturated carbocycles. The topological polar surface area (TPSA) is 98.7 Å². The average molecular weight is 559 g/mol. The lowest BCUT2D eigenvalue weighted by Gasteiger charge is -2.35. The molecule has 4 unspecified atom stereocenters. The predicted octanol–water partition coefficient (Wildman–Crippen LogP) is 4.19. The number of fused-ring (bicyclic) bond motifs is 4. The Kier molecular flexibility index (Phi) is 6.18. The molecule has 1 spiro atoms. The number of nitrogens with one attached hydrogen (secondary N) is 2. The first kappa shape index (κ1) is 25.2. The van der Waals surface area contributed by atoms with E-state index < -0.39 is 60.1 Å². The van der Waals surface area contributed by atoms with Crippen LogP contribution < -0.4 is 10.6 Å². The van der Waals surface area contributed by atoms with Crippen LogP contribution in [0.5, 0.6) is 0 Å². The highest BCUT2D eigenvalue weighted by molar-refractivity contribution is 6.38. The van der Waals surface area contributed by atoms with Crippen LogP contribution in [0, 0.1) is 11.8 Å². The highest BCUT2D eigenvalue weighted by Crippen LogP contribution is 2.60. The van der Waals surface area contributed by atoms with Crippen LogP contribution in [0.2, 0.25) is 15.1 Å². The lowest BCUT2D eigenvalue weighted by molar-refractivity contribution is -0.153. The number of carboxylic acids is 1. The normalized spacial score (nSPS) is 28.1. The largest absolute Gasteiger partial charge is 0.481 e. The molecule has 0 aliphatic carbocycles. The van der Waals surface area contributed by atoms with E-state index in [4.69, 9.17) is 34.8 Å². The van der Waals surface area contributed by atoms with Crippen molar-refractivity contribution in [2.75, 3.05) is 18.4 Å². The Balaban J connectivity index is 1.54. The van der Waals surface area contributed by atoms with Gasteiger partial charge < -0.3 is 15.7 Å². The van der Waals surface area contributed by atoms with E-state index in [1.165, 1.54) is 12.1 Å². The number of nitrogens with zero attached hydrogens (tertiary/aromatic N) is 1. The molecule has 5 rings (SSSR count). The second kappa shape index (κ2) is 8.83. The monoisotopic (exact) mass is 557 g/mol. The van der Waals surface area contributed by atoms with Gasteiger partial charge in [-0.25, -0.2) is 8.78 Å². The summed E-state index contributed by atoms with van der Waals surface area (Å²) >= 11 is 18.4. The van der Waals surface area contributed by atoms with Crippen LogP contribution in [0.1, 0.15) is 17.5 Å². The molecule has 2 aromatic rings. The molecule has 3 aliphatic heterocycles. The Hall–Kier alpha value is -2.46. The van der Waals surface area contributed by atoms with E-state index in [2.05, 4.69) is 10.6 Å². The molecule has 0 bridgehead atoms. The maximum absolute atomic E-state index is 14.7. The molecule has 2 amide bonds. The van der Waals surface area contributed by atoms with Crippen molar-refractivity contribution in [1.82, 2.24) is 10.2 Å². The van der Waals surface area contributed by atoms with E-state index in [0.29, 0.717) is 11.4 Å². The number of amides is 2. The minimum atomic E-state index is -3.23. The van der Waals surface area contributed by atoms with Gasteiger partial charge in [0.05, 0.1) is 23.2 Å². The van der Waals surface area contributed by atoms with Crippen molar-refractivity contribution in [3.63, 3.8) is 0 Å². The number of hydrogen-bond acceptors (Lipinski definition) is 4. The number of alkyl halides is 2. The number of rotatable bonds is 5. The van der Waals surface area contributed by atoms with Gasteiger partial charge in [-0.3, -0.25) is 19.3 Å². The molecule has 0 aromatic heterocycles. The summed E-state index contributed by atoms with van der Waals surface area (Å²) in [5.74, 6) is -9.31. The molecule has 7 nitrogen and oxygen atoms in total. The number of aliphatic carboxylic acids is 1. The first-order chi connectivity index (χ1) is 17.0. The number of halogens is 5. The number of carbonyl (C=O) groups excluding carboxylic acids is 2. The minimum absolute atomic E-state index is 0.0452. The van der Waals surface area contributed by atoms with Crippen LogP contribution >= 0.6 is 34.8 Å². The summed E-state index contributed by atoms with van der Waals surface area (Å²) < 4.78 is 29.4. The summed E-state index contributed by atoms with van der Waals surface area (Å²) in [6.07, 6.45) is -0.372. The Bertz CT molecular complexity index is 1290. The lowest BCUT2D eigenvalue weighted by Crippen LogP contribution is -2.54. The number of anilines is 1. The molecule has 2 fully saturated rings. The van der Waals surface area contributed by atoms with Gasteiger partial charge in [-0.15, -0.1) is 0 Å². The molecular formula is C24H20Cl3F2N3O4. The molecular weight excluding hydrogens is 539 g/mol. The third kappa shape index (κ3) is 3.84. The molecule has 190 valence electrons. The second-order valence-electron chi connectivity index (χ2n) is 9.30. The second-order valence-corrected chi connectivity index (χ2v) is 10.6. The van der Waals surface area contributed by atoms with Crippen LogP contribution in [0.15, 0.2) is 36.4 Å². The van der Waals surface area contributed by atoms with Gasteiger partial charge >= 0.3 is 5.97 Å². The molecule has 36 heavy (non-hydrogen) atoms. The van der Waals surface area contributed by atoms with Crippen molar-refractivity contribution in [1.29, 1.82) is 0 Å². The first-order valence-corrected chi connectivity index (χ1v) is 12.3. The van der Waals surface area contributed by atoms with Crippen molar-refractivity contribution in [2.24, 2.45) is 11.8 Å². The fourth-order valence-corrected chi connectivity index (χ4v) is 6.69. The predicted molar refractivity (Wildman–Crippen MR) is 130 cm³/mol. The quantitative estimate of drug-likeness (QED) is 0.511. The molecule has 3 heterocycles. The highest BCUT2D eigenvalue weighted by Gasteiger charge is 2.74. The molecule has 12 heteroatoms. The van der Waals surface area contributed by atoms with Crippen LogP contribution in [0.25, 0.3) is 0 Å². The smallest absolute Gasteiger partial charge is 0.310 e. The van der Waals surface area contributed by atoms with Gasteiger partial charge in [0.2, 0.25) is 5.91 Å². The molecule has 0 radical (unpaired) electrons. The van der Waals surface area contributed by atoms with Crippen molar-refractivity contribution in [3.05, 3.63) is 62.6 Å². The van der Waals surface area contributed by atoms with E-state index >= 15 is 0 Å². The summed E-state index contributed by atoms with van der Waals surface area (Å²) in [4.78, 5) is 40.7. The summed E-state index contributed by atoms with van der Waals surface area (Å²) in [6, 6.07) is 8.52. The Morgan fingerprint density at radius 2 is 1.92 bits per heavy atom. The van der Waals surface area contributed by atoms with E-state index in [0.717, 1.165) is 10.5 Å².